The first-order valence-electron chi connectivity index (χ1n) is 3.27. The van der Waals surface area contributed by atoms with E-state index in [1.807, 2.05) is 6.92 Å². The van der Waals surface area contributed by atoms with E-state index in [-0.39, 0.29) is 5.88 Å². The van der Waals surface area contributed by atoms with E-state index in [0.29, 0.717) is 6.54 Å². The highest BCUT2D eigenvalue weighted by molar-refractivity contribution is 7.84. The van der Waals surface area contributed by atoms with Crippen LogP contribution in [0, 0.1) is 0 Å². The summed E-state index contributed by atoms with van der Waals surface area (Å²) in [5.74, 6) is -0.0145. The molecule has 1 rings (SSSR count). The first-order valence-corrected chi connectivity index (χ1v) is 4.74. The molecule has 0 atom stereocenters. The summed E-state index contributed by atoms with van der Waals surface area (Å²) in [5.41, 5.74) is 0. The summed E-state index contributed by atoms with van der Waals surface area (Å²) >= 11 is 0. The van der Waals surface area contributed by atoms with E-state index in [4.69, 9.17) is 0 Å². The van der Waals surface area contributed by atoms with Crippen molar-refractivity contribution in [3.63, 3.8) is 0 Å². The Hall–Kier alpha value is -1.08. The van der Waals surface area contributed by atoms with Crippen molar-refractivity contribution in [1.29, 1.82) is 0 Å². The zero-order valence-electron chi connectivity index (χ0n) is 6.47. The van der Waals surface area contributed by atoms with E-state index < -0.39 is 10.3 Å². The highest BCUT2D eigenvalue weighted by Crippen LogP contribution is 2.06. The number of rotatable bonds is 3. The van der Waals surface area contributed by atoms with Crippen LogP contribution in [0.1, 0.15) is 6.92 Å². The van der Waals surface area contributed by atoms with Gasteiger partial charge >= 0.3 is 10.3 Å². The fraction of sp³-hybridized carbons (Fsp3) is 0.400. The van der Waals surface area contributed by atoms with Gasteiger partial charge in [-0.2, -0.15) is 13.6 Å². The number of hydrogen-bond donors (Lipinski definition) is 1. The fourth-order valence-electron chi connectivity index (χ4n) is 0.683. The molecule has 0 bridgehead atoms. The summed E-state index contributed by atoms with van der Waals surface area (Å²) in [5, 5.41) is 8.37. The van der Waals surface area contributed by atoms with Crippen LogP contribution in [0.25, 0.3) is 0 Å². The Labute approximate surface area is 70.2 Å². The zero-order valence-corrected chi connectivity index (χ0v) is 7.28. The van der Waals surface area contributed by atoms with Gasteiger partial charge in [-0.1, -0.05) is 0 Å². The summed E-state index contributed by atoms with van der Waals surface area (Å²) in [6.07, 6.45) is 1.60. The normalized spacial score (nSPS) is 11.5. The SMILES string of the molecule is CCn1ccc(OS(N)(=O)=O)n1. The van der Waals surface area contributed by atoms with Crippen molar-refractivity contribution < 1.29 is 12.6 Å². The highest BCUT2D eigenvalue weighted by Gasteiger charge is 2.06. The summed E-state index contributed by atoms with van der Waals surface area (Å²) in [6, 6.07) is 1.42. The molecule has 1 heterocycles. The van der Waals surface area contributed by atoms with Crippen molar-refractivity contribution in [1.82, 2.24) is 9.78 Å². The number of nitrogens with zero attached hydrogens (tertiary/aromatic N) is 2. The minimum Gasteiger partial charge on any atom is -0.349 e. The van der Waals surface area contributed by atoms with E-state index in [2.05, 4.69) is 14.4 Å². The van der Waals surface area contributed by atoms with Crippen LogP contribution < -0.4 is 9.32 Å². The maximum Gasteiger partial charge on any atom is 0.381 e. The number of aromatic nitrogens is 2. The second-order valence-electron chi connectivity index (χ2n) is 2.09. The minimum absolute atomic E-state index is 0.0145. The van der Waals surface area contributed by atoms with E-state index in [1.165, 1.54) is 10.7 Å². The molecule has 0 saturated carbocycles. The van der Waals surface area contributed by atoms with Crippen LogP contribution in [0.3, 0.4) is 0 Å². The van der Waals surface area contributed by atoms with Crippen LogP contribution in [0.15, 0.2) is 12.3 Å². The molecule has 0 aromatic carbocycles. The lowest BCUT2D eigenvalue weighted by atomic mass is 10.7. The number of nitrogens with two attached hydrogens (primary N) is 1. The summed E-state index contributed by atoms with van der Waals surface area (Å²) in [6.45, 7) is 2.52. The Morgan fingerprint density at radius 2 is 2.42 bits per heavy atom. The number of aryl methyl sites for hydroxylation is 1. The van der Waals surface area contributed by atoms with Crippen molar-refractivity contribution in [2.45, 2.75) is 13.5 Å². The van der Waals surface area contributed by atoms with Gasteiger partial charge in [-0.25, -0.2) is 0 Å². The van der Waals surface area contributed by atoms with Gasteiger partial charge in [-0.15, -0.1) is 5.10 Å². The standard InChI is InChI=1S/C5H9N3O3S/c1-2-8-4-3-5(7-8)11-12(6,9)10/h3-4H,2H2,1H3,(H2,6,9,10). The third-order valence-electron chi connectivity index (χ3n) is 1.14. The lowest BCUT2D eigenvalue weighted by Crippen LogP contribution is -2.19. The fourth-order valence-corrected chi connectivity index (χ4v) is 1.01. The van der Waals surface area contributed by atoms with E-state index >= 15 is 0 Å². The minimum atomic E-state index is -3.95. The average molecular weight is 191 g/mol. The van der Waals surface area contributed by atoms with Crippen molar-refractivity contribution in [3.8, 4) is 5.88 Å². The molecule has 0 amide bonds. The summed E-state index contributed by atoms with van der Waals surface area (Å²) in [4.78, 5) is 0. The average Bonchev–Trinajstić information content (AvgIpc) is 2.32. The Kier molecular flexibility index (Phi) is 2.34. The van der Waals surface area contributed by atoms with Crippen LogP contribution in [0.4, 0.5) is 0 Å². The van der Waals surface area contributed by atoms with Gasteiger partial charge in [0, 0.05) is 18.8 Å². The molecule has 68 valence electrons. The molecule has 0 aliphatic heterocycles. The molecule has 7 heteroatoms. The van der Waals surface area contributed by atoms with Crippen LogP contribution in [-0.2, 0) is 16.8 Å². The van der Waals surface area contributed by atoms with Crippen LogP contribution in [-0.4, -0.2) is 18.2 Å². The monoisotopic (exact) mass is 191 g/mol. The molecule has 12 heavy (non-hydrogen) atoms. The van der Waals surface area contributed by atoms with Gasteiger partial charge in [0.25, 0.3) is 5.88 Å². The topological polar surface area (TPSA) is 87.2 Å². The van der Waals surface area contributed by atoms with E-state index in [9.17, 15) is 8.42 Å². The quantitative estimate of drug-likeness (QED) is 0.696. The second kappa shape index (κ2) is 3.11. The van der Waals surface area contributed by atoms with Crippen LogP contribution in [0.2, 0.25) is 0 Å². The molecule has 0 unspecified atom stereocenters. The van der Waals surface area contributed by atoms with E-state index in [0.717, 1.165) is 0 Å². The molecule has 0 radical (unpaired) electrons. The Bertz CT molecular complexity index is 356. The molecule has 0 spiro atoms. The molecular formula is C5H9N3O3S. The number of hydrogen-bond acceptors (Lipinski definition) is 4. The molecule has 0 aliphatic rings. The second-order valence-corrected chi connectivity index (χ2v) is 3.24. The van der Waals surface area contributed by atoms with Gasteiger partial charge in [0.05, 0.1) is 0 Å². The van der Waals surface area contributed by atoms with Crippen LogP contribution >= 0.6 is 0 Å². The highest BCUT2D eigenvalue weighted by atomic mass is 32.2. The summed E-state index contributed by atoms with van der Waals surface area (Å²) < 4.78 is 26.6. The lowest BCUT2D eigenvalue weighted by molar-refractivity contribution is 0.469. The van der Waals surface area contributed by atoms with Crippen LogP contribution in [0.5, 0.6) is 5.88 Å². The predicted molar refractivity (Wildman–Crippen MR) is 41.6 cm³/mol. The molecule has 2 N–H and O–H groups in total. The smallest absolute Gasteiger partial charge is 0.349 e. The van der Waals surface area contributed by atoms with Gasteiger partial charge in [0.2, 0.25) is 0 Å². The Morgan fingerprint density at radius 3 is 2.83 bits per heavy atom. The van der Waals surface area contributed by atoms with Gasteiger partial charge in [-0.3, -0.25) is 4.68 Å². The van der Waals surface area contributed by atoms with Gasteiger partial charge in [0.1, 0.15) is 0 Å². The molecule has 0 saturated heterocycles. The summed E-state index contributed by atoms with van der Waals surface area (Å²) in [7, 11) is -3.95. The predicted octanol–water partition coefficient (Wildman–Crippen LogP) is -0.515. The molecular weight excluding hydrogens is 182 g/mol. The largest absolute Gasteiger partial charge is 0.381 e. The van der Waals surface area contributed by atoms with Crippen molar-refractivity contribution in [2.24, 2.45) is 5.14 Å². The maximum absolute atomic E-state index is 10.4. The first-order chi connectivity index (χ1) is 5.51. The lowest BCUT2D eigenvalue weighted by Gasteiger charge is -1.96. The zero-order chi connectivity index (χ0) is 9.19. The molecule has 0 aliphatic carbocycles. The first kappa shape index (κ1) is 9.01. The van der Waals surface area contributed by atoms with Crippen molar-refractivity contribution in [2.75, 3.05) is 0 Å². The molecule has 1 aromatic heterocycles. The van der Waals surface area contributed by atoms with Crippen molar-refractivity contribution in [3.05, 3.63) is 12.3 Å². The molecule has 1 aromatic rings. The van der Waals surface area contributed by atoms with Gasteiger partial charge in [-0.05, 0) is 6.92 Å². The van der Waals surface area contributed by atoms with Crippen molar-refractivity contribution >= 4 is 10.3 Å². The Morgan fingerprint density at radius 1 is 1.75 bits per heavy atom. The maximum atomic E-state index is 10.4. The third-order valence-corrected chi connectivity index (χ3v) is 1.54. The Balaban J connectivity index is 2.78. The van der Waals surface area contributed by atoms with Gasteiger partial charge in [0.15, 0.2) is 0 Å². The third kappa shape index (κ3) is 2.51. The van der Waals surface area contributed by atoms with E-state index in [1.54, 1.807) is 6.20 Å². The van der Waals surface area contributed by atoms with Gasteiger partial charge < -0.3 is 4.18 Å². The molecule has 0 fully saturated rings. The molecule has 6 nitrogen and oxygen atoms in total.